The lowest BCUT2D eigenvalue weighted by molar-refractivity contribution is -0.141. The van der Waals surface area contributed by atoms with Gasteiger partial charge in [-0.1, -0.05) is 60.7 Å². The monoisotopic (exact) mass is 568 g/mol. The molecule has 0 aliphatic carbocycles. The number of pyridine rings is 1. The standard InChI is InChI=1S/C34H40N4O4/c1-42-33(40)15-9-8-14-32(39)37-18-16-29(17-19-37)36-20-22-38(23-21-36)34(41)28-24-30(26-10-4-2-5-11-26)35-31(25-28)27-12-6-3-7-13-27/h2-7,10-13,24-25,29H,8-9,14-23H2,1H3. The van der Waals surface area contributed by atoms with E-state index in [1.165, 1.54) is 7.11 Å². The molecule has 0 N–H and O–H groups in total. The van der Waals surface area contributed by atoms with Crippen molar-refractivity contribution in [2.45, 2.75) is 44.6 Å². The van der Waals surface area contributed by atoms with Crippen LogP contribution in [0.5, 0.6) is 0 Å². The Morgan fingerprint density at radius 3 is 1.83 bits per heavy atom. The molecule has 2 aromatic carbocycles. The summed E-state index contributed by atoms with van der Waals surface area (Å²) in [6.45, 7) is 4.56. The molecule has 2 fully saturated rings. The van der Waals surface area contributed by atoms with Crippen molar-refractivity contribution >= 4 is 17.8 Å². The number of unbranched alkanes of at least 4 members (excludes halogenated alkanes) is 1. The zero-order chi connectivity index (χ0) is 29.3. The number of aromatic nitrogens is 1. The van der Waals surface area contributed by atoms with Gasteiger partial charge in [-0.25, -0.2) is 4.98 Å². The smallest absolute Gasteiger partial charge is 0.305 e. The topological polar surface area (TPSA) is 83.1 Å². The molecule has 220 valence electrons. The number of hydrogen-bond acceptors (Lipinski definition) is 6. The minimum atomic E-state index is -0.222. The van der Waals surface area contributed by atoms with Crippen LogP contribution in [-0.4, -0.2) is 89.9 Å². The maximum atomic E-state index is 13.7. The molecule has 0 bridgehead atoms. The number of esters is 1. The van der Waals surface area contributed by atoms with Gasteiger partial charge in [-0.05, 0) is 37.8 Å². The van der Waals surface area contributed by atoms with Gasteiger partial charge >= 0.3 is 5.97 Å². The van der Waals surface area contributed by atoms with E-state index in [0.29, 0.717) is 50.4 Å². The Morgan fingerprint density at radius 1 is 0.738 bits per heavy atom. The summed E-state index contributed by atoms with van der Waals surface area (Å²) in [6, 6.07) is 24.3. The third kappa shape index (κ3) is 7.42. The molecule has 1 aromatic heterocycles. The molecule has 0 atom stereocenters. The largest absolute Gasteiger partial charge is 0.469 e. The number of rotatable bonds is 9. The number of likely N-dealkylation sites (tertiary alicyclic amines) is 1. The molecule has 0 saturated carbocycles. The highest BCUT2D eigenvalue weighted by atomic mass is 16.5. The van der Waals surface area contributed by atoms with E-state index in [1.54, 1.807) is 0 Å². The third-order valence-electron chi connectivity index (χ3n) is 8.40. The summed E-state index contributed by atoms with van der Waals surface area (Å²) in [5.74, 6) is -0.00504. The van der Waals surface area contributed by atoms with Crippen molar-refractivity contribution in [1.29, 1.82) is 0 Å². The molecule has 2 amide bonds. The summed E-state index contributed by atoms with van der Waals surface area (Å²) in [4.78, 5) is 48.9. The SMILES string of the molecule is COC(=O)CCCCC(=O)N1CCC(N2CCN(C(=O)c3cc(-c4ccccc4)nc(-c4ccccc4)c3)CC2)CC1. The molecule has 2 aliphatic heterocycles. The van der Waals surface area contributed by atoms with Crippen molar-refractivity contribution in [2.24, 2.45) is 0 Å². The lowest BCUT2D eigenvalue weighted by Crippen LogP contribution is -2.54. The molecule has 0 spiro atoms. The number of amides is 2. The second kappa shape index (κ2) is 14.2. The first-order valence-corrected chi connectivity index (χ1v) is 15.0. The van der Waals surface area contributed by atoms with E-state index < -0.39 is 0 Å². The molecule has 3 heterocycles. The lowest BCUT2D eigenvalue weighted by atomic mass is 10.0. The quantitative estimate of drug-likeness (QED) is 0.270. The molecule has 2 aliphatic rings. The normalized spacial score (nSPS) is 16.3. The molecule has 5 rings (SSSR count). The van der Waals surface area contributed by atoms with Gasteiger partial charge in [0, 0.05) is 74.8 Å². The molecule has 3 aromatic rings. The molecule has 0 radical (unpaired) electrons. The number of piperazine rings is 1. The Hall–Kier alpha value is -4.04. The second-order valence-corrected chi connectivity index (χ2v) is 11.1. The second-order valence-electron chi connectivity index (χ2n) is 11.1. The minimum Gasteiger partial charge on any atom is -0.469 e. The molecule has 8 heteroatoms. The highest BCUT2D eigenvalue weighted by Gasteiger charge is 2.30. The van der Waals surface area contributed by atoms with Crippen molar-refractivity contribution in [3.8, 4) is 22.5 Å². The van der Waals surface area contributed by atoms with Crippen LogP contribution in [0.2, 0.25) is 0 Å². The average Bonchev–Trinajstić information content (AvgIpc) is 3.07. The van der Waals surface area contributed by atoms with Crippen LogP contribution in [-0.2, 0) is 14.3 Å². The van der Waals surface area contributed by atoms with Gasteiger partial charge in [0.25, 0.3) is 5.91 Å². The van der Waals surface area contributed by atoms with Gasteiger partial charge < -0.3 is 14.5 Å². The number of nitrogens with zero attached hydrogens (tertiary/aromatic N) is 4. The average molecular weight is 569 g/mol. The van der Waals surface area contributed by atoms with Gasteiger partial charge in [0.1, 0.15) is 0 Å². The molecular weight excluding hydrogens is 528 g/mol. The van der Waals surface area contributed by atoms with Crippen LogP contribution < -0.4 is 0 Å². The predicted molar refractivity (Wildman–Crippen MR) is 163 cm³/mol. The van der Waals surface area contributed by atoms with E-state index in [-0.39, 0.29) is 17.8 Å². The first-order valence-electron chi connectivity index (χ1n) is 15.0. The van der Waals surface area contributed by atoms with Gasteiger partial charge in [0.15, 0.2) is 0 Å². The van der Waals surface area contributed by atoms with Crippen LogP contribution in [0.4, 0.5) is 0 Å². The van der Waals surface area contributed by atoms with Gasteiger partial charge in [0.05, 0.1) is 18.5 Å². The summed E-state index contributed by atoms with van der Waals surface area (Å²) in [5, 5.41) is 0. The van der Waals surface area contributed by atoms with Crippen LogP contribution in [0.25, 0.3) is 22.5 Å². The van der Waals surface area contributed by atoms with Crippen molar-refractivity contribution in [3.05, 3.63) is 78.4 Å². The first kappa shape index (κ1) is 29.5. The number of benzene rings is 2. The minimum absolute atomic E-state index is 0.0408. The van der Waals surface area contributed by atoms with Crippen LogP contribution in [0.1, 0.15) is 48.9 Å². The number of carbonyl (C=O) groups is 3. The summed E-state index contributed by atoms with van der Waals surface area (Å²) < 4.78 is 4.66. The Bertz CT molecular complexity index is 1290. The van der Waals surface area contributed by atoms with Crippen LogP contribution in [0.3, 0.4) is 0 Å². The maximum Gasteiger partial charge on any atom is 0.305 e. The molecule has 42 heavy (non-hydrogen) atoms. The predicted octanol–water partition coefficient (Wildman–Crippen LogP) is 4.90. The van der Waals surface area contributed by atoms with Gasteiger partial charge in [-0.3, -0.25) is 19.3 Å². The van der Waals surface area contributed by atoms with E-state index in [1.807, 2.05) is 82.6 Å². The molecule has 8 nitrogen and oxygen atoms in total. The van der Waals surface area contributed by atoms with Crippen molar-refractivity contribution in [2.75, 3.05) is 46.4 Å². The van der Waals surface area contributed by atoms with Gasteiger partial charge in [0.2, 0.25) is 5.91 Å². The highest BCUT2D eigenvalue weighted by Crippen LogP contribution is 2.26. The summed E-state index contributed by atoms with van der Waals surface area (Å²) in [7, 11) is 1.39. The zero-order valence-electron chi connectivity index (χ0n) is 24.4. The Morgan fingerprint density at radius 2 is 1.29 bits per heavy atom. The Kier molecular flexibility index (Phi) is 9.98. The van der Waals surface area contributed by atoms with E-state index in [4.69, 9.17) is 4.98 Å². The van der Waals surface area contributed by atoms with E-state index in [2.05, 4.69) is 9.64 Å². The highest BCUT2D eigenvalue weighted by molar-refractivity contribution is 5.96. The third-order valence-corrected chi connectivity index (χ3v) is 8.40. The van der Waals surface area contributed by atoms with Crippen LogP contribution >= 0.6 is 0 Å². The molecule has 0 unspecified atom stereocenters. The van der Waals surface area contributed by atoms with Gasteiger partial charge in [-0.2, -0.15) is 0 Å². The summed E-state index contributed by atoms with van der Waals surface area (Å²) in [5.41, 5.74) is 4.22. The molecular formula is C34H40N4O4. The number of carbonyl (C=O) groups excluding carboxylic acids is 3. The van der Waals surface area contributed by atoms with Crippen molar-refractivity contribution in [3.63, 3.8) is 0 Å². The fraction of sp³-hybridized carbons (Fsp3) is 0.412. The first-order chi connectivity index (χ1) is 20.5. The number of piperidine rings is 1. The number of hydrogen-bond donors (Lipinski definition) is 0. The van der Waals surface area contributed by atoms with Crippen LogP contribution in [0, 0.1) is 0 Å². The van der Waals surface area contributed by atoms with Crippen LogP contribution in [0.15, 0.2) is 72.8 Å². The van der Waals surface area contributed by atoms with E-state index in [9.17, 15) is 14.4 Å². The Balaban J connectivity index is 1.16. The fourth-order valence-electron chi connectivity index (χ4n) is 5.93. The van der Waals surface area contributed by atoms with E-state index in [0.717, 1.165) is 61.5 Å². The number of ether oxygens (including phenoxy) is 1. The lowest BCUT2D eigenvalue weighted by Gasteiger charge is -2.42. The van der Waals surface area contributed by atoms with Crippen molar-refractivity contribution in [1.82, 2.24) is 19.7 Å². The Labute approximate surface area is 248 Å². The van der Waals surface area contributed by atoms with E-state index >= 15 is 0 Å². The maximum absolute atomic E-state index is 13.7. The zero-order valence-corrected chi connectivity index (χ0v) is 24.4. The van der Waals surface area contributed by atoms with Gasteiger partial charge in [-0.15, -0.1) is 0 Å². The fourth-order valence-corrected chi connectivity index (χ4v) is 5.93. The summed E-state index contributed by atoms with van der Waals surface area (Å²) in [6.07, 6.45) is 4.14. The molecule has 2 saturated heterocycles. The van der Waals surface area contributed by atoms with Crippen molar-refractivity contribution < 1.29 is 19.1 Å². The summed E-state index contributed by atoms with van der Waals surface area (Å²) >= 11 is 0. The number of methoxy groups -OCH3 is 1.